The molecule has 1 amide bonds. The normalized spacial score (nSPS) is 11.5. The molecule has 0 aliphatic rings. The molecule has 4 aromatic rings. The minimum atomic E-state index is -6.09. The number of alkyl halides is 3. The number of rotatable bonds is 8. The highest BCUT2D eigenvalue weighted by atomic mass is 127. The number of hydrogen-bond donors (Lipinski definition) is 1. The van der Waals surface area contributed by atoms with E-state index in [1.54, 1.807) is 0 Å². The molecular weight excluding hydrogens is 672 g/mol. The largest absolute Gasteiger partial charge is 0.741 e. The number of hydrogen-bond acceptors (Lipinski definition) is 8. The van der Waals surface area contributed by atoms with Gasteiger partial charge in [0.2, 0.25) is 0 Å². The predicted octanol–water partition coefficient (Wildman–Crippen LogP) is 2.41. The van der Waals surface area contributed by atoms with E-state index in [9.17, 15) is 18.0 Å². The lowest BCUT2D eigenvalue weighted by atomic mass is 10.2. The number of thiazole rings is 1. The van der Waals surface area contributed by atoms with E-state index in [1.165, 1.54) is 24.0 Å². The molecular formula is C25H22F3IN2O6S2. The summed E-state index contributed by atoms with van der Waals surface area (Å²) in [5.74, 6) is 0.558. The number of aryl methyl sites for hydroxylation is 1. The number of anilines is 1. The van der Waals surface area contributed by atoms with E-state index in [0.717, 1.165) is 16.0 Å². The molecule has 0 radical (unpaired) electrons. The van der Waals surface area contributed by atoms with E-state index >= 15 is 0 Å². The van der Waals surface area contributed by atoms with Crippen LogP contribution in [0, 0.1) is 14.1 Å². The van der Waals surface area contributed by atoms with Gasteiger partial charge in [0.25, 0.3) is 5.91 Å². The van der Waals surface area contributed by atoms with Crippen LogP contribution < -0.4 is 31.3 Å². The zero-order chi connectivity index (χ0) is 28.6. The van der Waals surface area contributed by atoms with Crippen molar-refractivity contribution in [2.75, 3.05) is 18.7 Å². The van der Waals surface area contributed by atoms with E-state index in [4.69, 9.17) is 22.4 Å². The Balaban J connectivity index is 0.000000459. The molecule has 208 valence electrons. The van der Waals surface area contributed by atoms with Gasteiger partial charge in [-0.1, -0.05) is 23.5 Å². The Morgan fingerprint density at radius 2 is 1.77 bits per heavy atom. The quantitative estimate of drug-likeness (QED) is 0.0991. The molecule has 1 N–H and O–H groups in total. The van der Waals surface area contributed by atoms with E-state index < -0.39 is 15.6 Å². The highest BCUT2D eigenvalue weighted by Crippen LogP contribution is 2.29. The summed E-state index contributed by atoms with van der Waals surface area (Å²) in [6, 6.07) is 22.1. The Morgan fingerprint density at radius 3 is 2.38 bits per heavy atom. The van der Waals surface area contributed by atoms with Crippen LogP contribution in [0.2, 0.25) is 0 Å². The van der Waals surface area contributed by atoms with Crippen LogP contribution in [0.3, 0.4) is 0 Å². The van der Waals surface area contributed by atoms with Crippen molar-refractivity contribution in [2.45, 2.75) is 19.4 Å². The van der Waals surface area contributed by atoms with Crippen molar-refractivity contribution in [3.05, 3.63) is 85.0 Å². The molecule has 0 saturated carbocycles. The number of carbonyl (C=O) groups is 1. The van der Waals surface area contributed by atoms with Gasteiger partial charge < -0.3 is 14.0 Å². The summed E-state index contributed by atoms with van der Waals surface area (Å²) in [4.78, 5) is 17.2. The van der Waals surface area contributed by atoms with E-state index in [2.05, 4.69) is 41.5 Å². The minimum absolute atomic E-state index is 0.160. The molecule has 1 heterocycles. The molecule has 0 atom stereocenters. The number of nitrogens with one attached hydrogen (secondary N) is 1. The second kappa shape index (κ2) is 13.5. The number of carbonyl (C=O) groups excluding carboxylic acids is 1. The third-order valence-electron chi connectivity index (χ3n) is 4.68. The Bertz CT molecular complexity index is 1530. The van der Waals surface area contributed by atoms with Gasteiger partial charge in [0, 0.05) is 12.2 Å². The molecule has 0 fully saturated rings. The van der Waals surface area contributed by atoms with Gasteiger partial charge in [-0.25, -0.2) is 13.4 Å². The van der Waals surface area contributed by atoms with Crippen LogP contribution in [0.5, 0.6) is 5.75 Å². The van der Waals surface area contributed by atoms with Crippen LogP contribution in [0.25, 0.3) is 10.2 Å². The van der Waals surface area contributed by atoms with Crippen molar-refractivity contribution in [1.82, 2.24) is 4.98 Å². The van der Waals surface area contributed by atoms with E-state index in [1.807, 2.05) is 49.4 Å². The standard InChI is InChI=1S/C24H21IN2O3S.CHF3O3S/c1-3-29-15-30-20-11-12-21-22(14-20)31-24(26-21)27-23(28)17-7-9-18(10-8-17)25-19-6-4-5-16(2)13-19;2-1(3,4)8(5,6)7/h4-14H,3,15H2,1-2H3;(H,5,6,7). The van der Waals surface area contributed by atoms with Gasteiger partial charge in [0.1, 0.15) is 5.75 Å². The van der Waals surface area contributed by atoms with Gasteiger partial charge in [0.15, 0.2) is 29.2 Å². The zero-order valence-electron chi connectivity index (χ0n) is 20.5. The first-order valence-corrected chi connectivity index (χ1v) is 15.5. The first kappa shape index (κ1) is 30.7. The van der Waals surface area contributed by atoms with Gasteiger partial charge in [-0.15, -0.1) is 0 Å². The minimum Gasteiger partial charge on any atom is -0.741 e. The van der Waals surface area contributed by atoms with E-state index in [-0.39, 0.29) is 33.9 Å². The fourth-order valence-corrected chi connectivity index (χ4v) is 6.23. The maximum atomic E-state index is 12.7. The molecule has 0 aliphatic heterocycles. The summed E-state index contributed by atoms with van der Waals surface area (Å²) in [7, 11) is -6.09. The summed E-state index contributed by atoms with van der Waals surface area (Å²) in [5.41, 5.74) is -2.93. The predicted molar refractivity (Wildman–Crippen MR) is 135 cm³/mol. The van der Waals surface area contributed by atoms with E-state index in [0.29, 0.717) is 17.3 Å². The summed E-state index contributed by atoms with van der Waals surface area (Å²) < 4.78 is 73.3. The van der Waals surface area contributed by atoms with Crippen LogP contribution >= 0.6 is 11.3 Å². The Hall–Kier alpha value is -2.79. The van der Waals surface area contributed by atoms with Gasteiger partial charge in [-0.05, 0) is 74.0 Å². The van der Waals surface area contributed by atoms with Crippen LogP contribution in [-0.2, 0) is 14.9 Å². The van der Waals surface area contributed by atoms with Gasteiger partial charge >= 0.3 is 26.7 Å². The fourth-order valence-electron chi connectivity index (χ4n) is 2.87. The Morgan fingerprint density at radius 1 is 1.08 bits per heavy atom. The number of amides is 1. The molecule has 1 aromatic heterocycles. The maximum absolute atomic E-state index is 12.7. The van der Waals surface area contributed by atoms with Gasteiger partial charge in [0.05, 0.1) is 10.2 Å². The SMILES string of the molecule is CCOCOc1ccc2nc(NC(=O)c3ccc([I+]c4cccc(C)c4)cc3)sc2c1.O=S(=O)([O-])C(F)(F)F. The fraction of sp³-hybridized carbons (Fsp3) is 0.200. The number of benzene rings is 3. The molecule has 0 spiro atoms. The van der Waals surface area contributed by atoms with Crippen LogP contribution in [0.4, 0.5) is 18.3 Å². The summed E-state index contributed by atoms with van der Waals surface area (Å²) in [5, 5.41) is 3.48. The molecule has 8 nitrogen and oxygen atoms in total. The van der Waals surface area contributed by atoms with Crippen LogP contribution in [-0.4, -0.2) is 42.8 Å². The topological polar surface area (TPSA) is 118 Å². The van der Waals surface area contributed by atoms with Gasteiger partial charge in [-0.2, -0.15) is 13.2 Å². The number of nitrogens with zero attached hydrogens (tertiary/aromatic N) is 1. The smallest absolute Gasteiger partial charge is 0.485 e. The Kier molecular flexibility index (Phi) is 10.7. The molecule has 0 aliphatic carbocycles. The second-order valence-electron chi connectivity index (χ2n) is 7.66. The van der Waals surface area contributed by atoms with Crippen molar-refractivity contribution in [3.8, 4) is 5.75 Å². The molecule has 0 unspecified atom stereocenters. The Labute approximate surface area is 237 Å². The third kappa shape index (κ3) is 9.42. The highest BCUT2D eigenvalue weighted by Gasteiger charge is 2.36. The van der Waals surface area contributed by atoms with Crippen molar-refractivity contribution in [3.63, 3.8) is 0 Å². The average Bonchev–Trinajstić information content (AvgIpc) is 3.25. The molecule has 14 heteroatoms. The molecule has 0 saturated heterocycles. The summed E-state index contributed by atoms with van der Waals surface area (Å²) in [6.45, 7) is 4.85. The number of halogens is 4. The van der Waals surface area contributed by atoms with Crippen molar-refractivity contribution < 1.29 is 61.6 Å². The van der Waals surface area contributed by atoms with Crippen LogP contribution in [0.15, 0.2) is 66.7 Å². The van der Waals surface area contributed by atoms with Crippen LogP contribution in [0.1, 0.15) is 22.8 Å². The highest BCUT2D eigenvalue weighted by molar-refractivity contribution is 7.86. The van der Waals surface area contributed by atoms with Crippen molar-refractivity contribution >= 4 is 42.7 Å². The van der Waals surface area contributed by atoms with Crippen molar-refractivity contribution in [1.29, 1.82) is 0 Å². The average molecular weight is 694 g/mol. The van der Waals surface area contributed by atoms with Gasteiger partial charge in [-0.3, -0.25) is 10.1 Å². The molecule has 0 bridgehead atoms. The van der Waals surface area contributed by atoms with Crippen molar-refractivity contribution in [2.24, 2.45) is 0 Å². The number of ether oxygens (including phenoxy) is 2. The lowest BCUT2D eigenvalue weighted by Gasteiger charge is -2.08. The first-order chi connectivity index (χ1) is 18.4. The lowest BCUT2D eigenvalue weighted by molar-refractivity contribution is -0.597. The third-order valence-corrected chi connectivity index (χ3v) is 8.82. The second-order valence-corrected chi connectivity index (χ2v) is 13.1. The molecule has 3 aromatic carbocycles. The first-order valence-electron chi connectivity index (χ1n) is 11.1. The number of aromatic nitrogens is 1. The summed E-state index contributed by atoms with van der Waals surface area (Å²) >= 11 is 1.17. The number of fused-ring (bicyclic) bond motifs is 1. The summed E-state index contributed by atoms with van der Waals surface area (Å²) in [6.07, 6.45) is 0. The maximum Gasteiger partial charge on any atom is 0.485 e. The molecule has 39 heavy (non-hydrogen) atoms. The monoisotopic (exact) mass is 694 g/mol. The lowest BCUT2D eigenvalue weighted by Crippen LogP contribution is -3.61. The molecule has 4 rings (SSSR count). The zero-order valence-corrected chi connectivity index (χ0v) is 24.3.